The quantitative estimate of drug-likeness (QED) is 0.582. The highest BCUT2D eigenvalue weighted by Crippen LogP contribution is 2.40. The molecule has 0 aliphatic heterocycles. The first-order valence-corrected chi connectivity index (χ1v) is 6.98. The molecule has 0 atom stereocenters. The van der Waals surface area contributed by atoms with Crippen LogP contribution < -0.4 is 0 Å². The molecule has 20 heavy (non-hydrogen) atoms. The molecule has 0 bridgehead atoms. The van der Waals surface area contributed by atoms with Crippen molar-refractivity contribution in [3.63, 3.8) is 0 Å². The van der Waals surface area contributed by atoms with Gasteiger partial charge in [-0.1, -0.05) is 25.3 Å². The standard InChI is InChI=1S/C16H20O4/c1-2-6-11-12(17)9-13(18)14(16(11)20)15(19)10-7-4-3-5-8-10/h2,9-10,17-18,20H,1,3-8H2. The van der Waals surface area contributed by atoms with Crippen LogP contribution in [0.4, 0.5) is 0 Å². The number of carbonyl (C=O) groups excluding carboxylic acids is 1. The minimum absolute atomic E-state index is 0.0634. The minimum Gasteiger partial charge on any atom is -0.507 e. The summed E-state index contributed by atoms with van der Waals surface area (Å²) in [4.78, 5) is 12.5. The third-order valence-corrected chi connectivity index (χ3v) is 3.93. The van der Waals surface area contributed by atoms with Gasteiger partial charge in [-0.2, -0.15) is 0 Å². The van der Waals surface area contributed by atoms with Gasteiger partial charge in [0.1, 0.15) is 22.8 Å². The Kier molecular flexibility index (Phi) is 4.32. The van der Waals surface area contributed by atoms with Crippen LogP contribution in [0, 0.1) is 5.92 Å². The van der Waals surface area contributed by atoms with Gasteiger partial charge < -0.3 is 15.3 Å². The van der Waals surface area contributed by atoms with E-state index in [9.17, 15) is 20.1 Å². The van der Waals surface area contributed by atoms with E-state index in [0.717, 1.165) is 38.2 Å². The molecule has 2 rings (SSSR count). The Morgan fingerprint density at radius 1 is 1.20 bits per heavy atom. The second-order valence-electron chi connectivity index (χ2n) is 5.31. The lowest BCUT2D eigenvalue weighted by atomic mass is 9.83. The summed E-state index contributed by atoms with van der Waals surface area (Å²) < 4.78 is 0. The van der Waals surface area contributed by atoms with Crippen molar-refractivity contribution < 1.29 is 20.1 Å². The monoisotopic (exact) mass is 276 g/mol. The third kappa shape index (κ3) is 2.64. The van der Waals surface area contributed by atoms with Crippen molar-refractivity contribution >= 4 is 5.78 Å². The number of phenols is 3. The predicted octanol–water partition coefficient (Wildman–Crippen LogP) is 3.29. The van der Waals surface area contributed by atoms with Crippen molar-refractivity contribution in [1.82, 2.24) is 0 Å². The SMILES string of the molecule is C=CCc1c(O)cc(O)c(C(=O)C2CCCCC2)c1O. The van der Waals surface area contributed by atoms with Crippen LogP contribution in [0.15, 0.2) is 18.7 Å². The second-order valence-corrected chi connectivity index (χ2v) is 5.31. The Morgan fingerprint density at radius 3 is 2.45 bits per heavy atom. The zero-order chi connectivity index (χ0) is 14.7. The summed E-state index contributed by atoms with van der Waals surface area (Å²) in [6, 6.07) is 1.12. The average molecular weight is 276 g/mol. The molecule has 4 heteroatoms. The first-order valence-electron chi connectivity index (χ1n) is 6.98. The molecule has 0 saturated heterocycles. The third-order valence-electron chi connectivity index (χ3n) is 3.93. The fourth-order valence-corrected chi connectivity index (χ4v) is 2.84. The molecule has 1 fully saturated rings. The summed E-state index contributed by atoms with van der Waals surface area (Å²) in [5, 5.41) is 29.8. The number of aromatic hydroxyl groups is 3. The van der Waals surface area contributed by atoms with Crippen LogP contribution in [-0.4, -0.2) is 21.1 Å². The molecular weight excluding hydrogens is 256 g/mol. The maximum absolute atomic E-state index is 12.5. The average Bonchev–Trinajstić information content (AvgIpc) is 2.44. The van der Waals surface area contributed by atoms with Gasteiger partial charge in [0.15, 0.2) is 5.78 Å². The molecule has 1 aromatic rings. The van der Waals surface area contributed by atoms with Gasteiger partial charge in [-0.3, -0.25) is 4.79 Å². The maximum atomic E-state index is 12.5. The highest BCUT2D eigenvalue weighted by Gasteiger charge is 2.29. The molecule has 0 amide bonds. The number of hydrogen-bond donors (Lipinski definition) is 3. The summed E-state index contributed by atoms with van der Waals surface area (Å²) in [5.41, 5.74) is 0.170. The lowest BCUT2D eigenvalue weighted by molar-refractivity contribution is 0.0883. The fourth-order valence-electron chi connectivity index (χ4n) is 2.84. The van der Waals surface area contributed by atoms with Crippen LogP contribution in [0.1, 0.15) is 48.0 Å². The van der Waals surface area contributed by atoms with Crippen molar-refractivity contribution in [2.45, 2.75) is 38.5 Å². The van der Waals surface area contributed by atoms with Crippen LogP contribution in [0.25, 0.3) is 0 Å². The van der Waals surface area contributed by atoms with Gasteiger partial charge in [-0.05, 0) is 19.3 Å². The van der Waals surface area contributed by atoms with Gasteiger partial charge in [0.05, 0.1) is 0 Å². The lowest BCUT2D eigenvalue weighted by Crippen LogP contribution is -2.18. The van der Waals surface area contributed by atoms with E-state index in [-0.39, 0.29) is 46.5 Å². The lowest BCUT2D eigenvalue weighted by Gasteiger charge is -2.22. The van der Waals surface area contributed by atoms with E-state index in [4.69, 9.17) is 0 Å². The van der Waals surface area contributed by atoms with E-state index in [1.165, 1.54) is 6.08 Å². The summed E-state index contributed by atoms with van der Waals surface area (Å²) in [7, 11) is 0. The van der Waals surface area contributed by atoms with Crippen LogP contribution in [0.5, 0.6) is 17.2 Å². The number of Topliss-reactive ketones (excluding diaryl/α,β-unsaturated/α-hetero) is 1. The summed E-state index contributed by atoms with van der Waals surface area (Å²) in [6.45, 7) is 3.56. The van der Waals surface area contributed by atoms with E-state index < -0.39 is 0 Å². The molecule has 0 aromatic heterocycles. The van der Waals surface area contributed by atoms with Crippen molar-refractivity contribution in [2.75, 3.05) is 0 Å². The molecule has 0 heterocycles. The summed E-state index contributed by atoms with van der Waals surface area (Å²) in [6.07, 6.45) is 6.46. The zero-order valence-electron chi connectivity index (χ0n) is 11.4. The topological polar surface area (TPSA) is 77.8 Å². The van der Waals surface area contributed by atoms with Crippen LogP contribution in [0.3, 0.4) is 0 Å². The van der Waals surface area contributed by atoms with Crippen molar-refractivity contribution in [1.29, 1.82) is 0 Å². The molecule has 1 saturated carbocycles. The molecule has 1 aliphatic carbocycles. The molecule has 1 aliphatic rings. The predicted molar refractivity (Wildman–Crippen MR) is 76.2 cm³/mol. The van der Waals surface area contributed by atoms with Gasteiger partial charge in [-0.15, -0.1) is 6.58 Å². The van der Waals surface area contributed by atoms with E-state index in [1.807, 2.05) is 0 Å². The smallest absolute Gasteiger partial charge is 0.173 e. The van der Waals surface area contributed by atoms with Gasteiger partial charge in [0, 0.05) is 17.5 Å². The number of allylic oxidation sites excluding steroid dienone is 1. The number of carbonyl (C=O) groups is 1. The van der Waals surface area contributed by atoms with E-state index >= 15 is 0 Å². The Labute approximate surface area is 118 Å². The fraction of sp³-hybridized carbons (Fsp3) is 0.438. The first kappa shape index (κ1) is 14.4. The Balaban J connectivity index is 2.41. The number of benzene rings is 1. The molecule has 108 valence electrons. The highest BCUT2D eigenvalue weighted by molar-refractivity contribution is 6.03. The van der Waals surface area contributed by atoms with Crippen molar-refractivity contribution in [3.8, 4) is 17.2 Å². The molecule has 1 aromatic carbocycles. The maximum Gasteiger partial charge on any atom is 0.173 e. The summed E-state index contributed by atoms with van der Waals surface area (Å²) >= 11 is 0. The van der Waals surface area contributed by atoms with Crippen molar-refractivity contribution in [3.05, 3.63) is 29.8 Å². The molecule has 0 radical (unpaired) electrons. The zero-order valence-corrected chi connectivity index (χ0v) is 11.4. The van der Waals surface area contributed by atoms with E-state index in [0.29, 0.717) is 0 Å². The number of ketones is 1. The first-order chi connectivity index (χ1) is 9.56. The second kappa shape index (κ2) is 5.99. The Bertz CT molecular complexity index is 528. The Morgan fingerprint density at radius 2 is 1.85 bits per heavy atom. The molecule has 3 N–H and O–H groups in total. The number of hydrogen-bond acceptors (Lipinski definition) is 4. The van der Waals surface area contributed by atoms with Crippen molar-refractivity contribution in [2.24, 2.45) is 5.92 Å². The molecular formula is C16H20O4. The number of phenolic OH excluding ortho intramolecular Hbond substituents is 3. The van der Waals surface area contributed by atoms with Crippen LogP contribution in [0.2, 0.25) is 0 Å². The molecule has 4 nitrogen and oxygen atoms in total. The van der Waals surface area contributed by atoms with E-state index in [1.54, 1.807) is 0 Å². The largest absolute Gasteiger partial charge is 0.507 e. The Hall–Kier alpha value is -1.97. The van der Waals surface area contributed by atoms with Gasteiger partial charge >= 0.3 is 0 Å². The minimum atomic E-state index is -0.358. The highest BCUT2D eigenvalue weighted by atomic mass is 16.3. The van der Waals surface area contributed by atoms with Crippen LogP contribution in [-0.2, 0) is 6.42 Å². The normalized spacial score (nSPS) is 16.0. The van der Waals surface area contributed by atoms with Crippen LogP contribution >= 0.6 is 0 Å². The van der Waals surface area contributed by atoms with Gasteiger partial charge in [-0.25, -0.2) is 0 Å². The summed E-state index contributed by atoms with van der Waals surface area (Å²) in [5.74, 6) is -1.28. The molecule has 0 unspecified atom stereocenters. The van der Waals surface area contributed by atoms with E-state index in [2.05, 4.69) is 6.58 Å². The van der Waals surface area contributed by atoms with Gasteiger partial charge in [0.2, 0.25) is 0 Å². The van der Waals surface area contributed by atoms with Gasteiger partial charge in [0.25, 0.3) is 0 Å². The molecule has 0 spiro atoms. The number of rotatable bonds is 4.